The Morgan fingerprint density at radius 1 is 1.11 bits per heavy atom. The van der Waals surface area contributed by atoms with Crippen molar-refractivity contribution in [1.82, 2.24) is 0 Å². The van der Waals surface area contributed by atoms with E-state index in [-0.39, 0.29) is 12.1 Å². The van der Waals surface area contributed by atoms with E-state index < -0.39 is 0 Å². The van der Waals surface area contributed by atoms with E-state index in [4.69, 9.17) is 4.74 Å². The fourth-order valence-corrected chi connectivity index (χ4v) is 4.94. The van der Waals surface area contributed by atoms with E-state index in [0.29, 0.717) is 11.8 Å². The van der Waals surface area contributed by atoms with Crippen LogP contribution in [0, 0.1) is 11.8 Å². The van der Waals surface area contributed by atoms with Gasteiger partial charge in [0.2, 0.25) is 0 Å². The number of esters is 1. The molecular formula is C15H26NO2+. The largest absolute Gasteiger partial charge is 0.462 e. The molecule has 18 heavy (non-hydrogen) atoms. The van der Waals surface area contributed by atoms with Crippen LogP contribution in [0.2, 0.25) is 0 Å². The lowest BCUT2D eigenvalue weighted by Crippen LogP contribution is -2.57. The molecule has 0 amide bonds. The van der Waals surface area contributed by atoms with Crippen molar-refractivity contribution in [2.45, 2.75) is 57.6 Å². The number of likely N-dealkylation sites (tertiary alicyclic amines) is 1. The molecular weight excluding hydrogens is 226 g/mol. The summed E-state index contributed by atoms with van der Waals surface area (Å²) in [6, 6.07) is 0.746. The molecule has 2 saturated carbocycles. The van der Waals surface area contributed by atoms with Crippen LogP contribution >= 0.6 is 0 Å². The van der Waals surface area contributed by atoms with Gasteiger partial charge in [-0.3, -0.25) is 4.79 Å². The molecule has 0 N–H and O–H groups in total. The SMILES string of the molecule is CC(=O)O[C@H]1[C@H]2CC[C@H]1[C@H]([N+]1(C)CCCC1)CC2. The first-order valence-corrected chi connectivity index (χ1v) is 7.61. The Bertz CT molecular complexity index is 335. The molecule has 0 aromatic rings. The van der Waals surface area contributed by atoms with Crippen LogP contribution in [0.1, 0.15) is 45.4 Å². The average molecular weight is 252 g/mol. The third-order valence-corrected chi connectivity index (χ3v) is 5.78. The van der Waals surface area contributed by atoms with Crippen molar-refractivity contribution >= 4 is 5.97 Å². The van der Waals surface area contributed by atoms with E-state index >= 15 is 0 Å². The van der Waals surface area contributed by atoms with Crippen LogP contribution < -0.4 is 0 Å². The summed E-state index contributed by atoms with van der Waals surface area (Å²) in [6.45, 7) is 4.23. The van der Waals surface area contributed by atoms with Crippen LogP contribution in [-0.2, 0) is 9.53 Å². The van der Waals surface area contributed by atoms with Crippen LogP contribution in [-0.4, -0.2) is 42.7 Å². The molecule has 2 aliphatic carbocycles. The third-order valence-electron chi connectivity index (χ3n) is 5.78. The first-order chi connectivity index (χ1) is 8.60. The van der Waals surface area contributed by atoms with Gasteiger partial charge in [-0.25, -0.2) is 0 Å². The Hall–Kier alpha value is -0.570. The zero-order chi connectivity index (χ0) is 12.8. The van der Waals surface area contributed by atoms with Crippen molar-refractivity contribution in [3.05, 3.63) is 0 Å². The number of rotatable bonds is 2. The maximum atomic E-state index is 11.3. The monoisotopic (exact) mass is 252 g/mol. The van der Waals surface area contributed by atoms with E-state index in [0.717, 1.165) is 6.04 Å². The van der Waals surface area contributed by atoms with Gasteiger partial charge in [-0.2, -0.15) is 0 Å². The van der Waals surface area contributed by atoms with Crippen molar-refractivity contribution in [2.75, 3.05) is 20.1 Å². The second-order valence-electron chi connectivity index (χ2n) is 6.85. The van der Waals surface area contributed by atoms with Crippen LogP contribution in [0.3, 0.4) is 0 Å². The second kappa shape index (κ2) is 4.52. The van der Waals surface area contributed by atoms with Gasteiger partial charge in [0, 0.05) is 32.1 Å². The number of carbonyl (C=O) groups excluding carboxylic acids is 1. The number of ether oxygens (including phenoxy) is 1. The van der Waals surface area contributed by atoms with Gasteiger partial charge in [0.25, 0.3) is 0 Å². The summed E-state index contributed by atoms with van der Waals surface area (Å²) in [4.78, 5) is 11.3. The highest BCUT2D eigenvalue weighted by Gasteiger charge is 2.53. The van der Waals surface area contributed by atoms with Gasteiger partial charge in [0.1, 0.15) is 6.10 Å². The predicted octanol–water partition coefficient (Wildman–Crippen LogP) is 2.35. The van der Waals surface area contributed by atoms with Crippen LogP contribution in [0.4, 0.5) is 0 Å². The maximum absolute atomic E-state index is 11.3. The molecule has 0 aromatic carbocycles. The number of hydrogen-bond donors (Lipinski definition) is 0. The zero-order valence-electron chi connectivity index (χ0n) is 11.7. The summed E-state index contributed by atoms with van der Waals surface area (Å²) < 4.78 is 6.91. The fourth-order valence-electron chi connectivity index (χ4n) is 4.94. The molecule has 0 unspecified atom stereocenters. The molecule has 1 aliphatic heterocycles. The Kier molecular flexibility index (Phi) is 3.13. The van der Waals surface area contributed by atoms with Gasteiger partial charge in [-0.15, -0.1) is 0 Å². The minimum Gasteiger partial charge on any atom is -0.462 e. The summed E-state index contributed by atoms with van der Waals surface area (Å²) >= 11 is 0. The molecule has 4 atom stereocenters. The van der Waals surface area contributed by atoms with Crippen molar-refractivity contribution in [1.29, 1.82) is 0 Å². The summed E-state index contributed by atoms with van der Waals surface area (Å²) in [7, 11) is 2.43. The van der Waals surface area contributed by atoms with Crippen LogP contribution in [0.5, 0.6) is 0 Å². The third kappa shape index (κ3) is 1.97. The fraction of sp³-hybridized carbons (Fsp3) is 0.933. The summed E-state index contributed by atoms with van der Waals surface area (Å²) in [5.41, 5.74) is 0. The van der Waals surface area contributed by atoms with E-state index in [1.807, 2.05) is 0 Å². The number of carbonyl (C=O) groups is 1. The van der Waals surface area contributed by atoms with E-state index in [9.17, 15) is 4.79 Å². The smallest absolute Gasteiger partial charge is 0.302 e. The molecule has 3 fully saturated rings. The predicted molar refractivity (Wildman–Crippen MR) is 69.9 cm³/mol. The minimum absolute atomic E-state index is 0.0818. The van der Waals surface area contributed by atoms with Crippen molar-refractivity contribution in [3.8, 4) is 0 Å². The van der Waals surface area contributed by atoms with Gasteiger partial charge in [0.05, 0.1) is 26.2 Å². The zero-order valence-corrected chi connectivity index (χ0v) is 11.7. The Labute approximate surface area is 110 Å². The maximum Gasteiger partial charge on any atom is 0.302 e. The normalized spacial score (nSPS) is 41.9. The first-order valence-electron chi connectivity index (χ1n) is 7.61. The highest BCUT2D eigenvalue weighted by Crippen LogP contribution is 2.48. The van der Waals surface area contributed by atoms with Crippen LogP contribution in [0.25, 0.3) is 0 Å². The van der Waals surface area contributed by atoms with Gasteiger partial charge in [-0.1, -0.05) is 0 Å². The molecule has 102 valence electrons. The topological polar surface area (TPSA) is 26.3 Å². The number of fused-ring (bicyclic) bond motifs is 2. The van der Waals surface area contributed by atoms with Gasteiger partial charge >= 0.3 is 5.97 Å². The summed E-state index contributed by atoms with van der Waals surface area (Å²) in [5.74, 6) is 1.21. The van der Waals surface area contributed by atoms with Crippen molar-refractivity contribution in [3.63, 3.8) is 0 Å². The molecule has 2 bridgehead atoms. The number of nitrogens with zero attached hydrogens (tertiary/aromatic N) is 1. The quantitative estimate of drug-likeness (QED) is 0.557. The standard InChI is InChI=1S/C15H26NO2/c1-11(17)18-15-12-5-7-13(15)14(8-6-12)16(2)9-3-4-10-16/h12-15H,3-10H2,1-2H3/q+1/t12-,13-,14+,15-/m0/s1. The van der Waals surface area contributed by atoms with Gasteiger partial charge < -0.3 is 9.22 Å². The van der Waals surface area contributed by atoms with Crippen LogP contribution in [0.15, 0.2) is 0 Å². The number of quaternary nitrogens is 1. The minimum atomic E-state index is -0.0818. The Morgan fingerprint density at radius 2 is 1.78 bits per heavy atom. The lowest BCUT2D eigenvalue weighted by molar-refractivity contribution is -0.927. The van der Waals surface area contributed by atoms with E-state index in [1.54, 1.807) is 6.92 Å². The van der Waals surface area contributed by atoms with E-state index in [1.165, 1.54) is 56.1 Å². The molecule has 0 aromatic heterocycles. The molecule has 3 rings (SSSR count). The second-order valence-corrected chi connectivity index (χ2v) is 6.85. The Morgan fingerprint density at radius 3 is 2.44 bits per heavy atom. The van der Waals surface area contributed by atoms with Gasteiger partial charge in [0.15, 0.2) is 0 Å². The number of hydrogen-bond acceptors (Lipinski definition) is 2. The summed E-state index contributed by atoms with van der Waals surface area (Å²) in [5, 5.41) is 0. The lowest BCUT2D eigenvalue weighted by atomic mass is 9.80. The molecule has 1 heterocycles. The van der Waals surface area contributed by atoms with Crippen molar-refractivity contribution in [2.24, 2.45) is 11.8 Å². The molecule has 1 saturated heterocycles. The van der Waals surface area contributed by atoms with Crippen molar-refractivity contribution < 1.29 is 14.0 Å². The Balaban J connectivity index is 1.78. The molecule has 3 aliphatic rings. The molecule has 0 radical (unpaired) electrons. The lowest BCUT2D eigenvalue weighted by Gasteiger charge is -2.45. The molecule has 3 heteroatoms. The summed E-state index contributed by atoms with van der Waals surface area (Å²) in [6.07, 6.45) is 8.16. The first kappa shape index (κ1) is 12.5. The highest BCUT2D eigenvalue weighted by molar-refractivity contribution is 5.66. The van der Waals surface area contributed by atoms with Gasteiger partial charge in [-0.05, 0) is 25.2 Å². The highest BCUT2D eigenvalue weighted by atomic mass is 16.5. The molecule has 3 nitrogen and oxygen atoms in total. The van der Waals surface area contributed by atoms with E-state index in [2.05, 4.69) is 7.05 Å². The molecule has 0 spiro atoms. The average Bonchev–Trinajstić information content (AvgIpc) is 2.83.